The van der Waals surface area contributed by atoms with Crippen LogP contribution in [0.3, 0.4) is 0 Å². The molecule has 2 rings (SSSR count). The van der Waals surface area contributed by atoms with Crippen molar-refractivity contribution in [3.8, 4) is 17.2 Å². The minimum Gasteiger partial charge on any atom is -0.495 e. The highest BCUT2D eigenvalue weighted by Gasteiger charge is 2.16. The number of hydrogen-bond acceptors (Lipinski definition) is 5. The lowest BCUT2D eigenvalue weighted by atomic mass is 10.1. The molecule has 0 aromatic heterocycles. The van der Waals surface area contributed by atoms with Crippen molar-refractivity contribution in [1.82, 2.24) is 5.32 Å². The van der Waals surface area contributed by atoms with Crippen molar-refractivity contribution in [3.05, 3.63) is 47.0 Å². The highest BCUT2D eigenvalue weighted by atomic mass is 35.5. The van der Waals surface area contributed by atoms with Gasteiger partial charge >= 0.3 is 11.8 Å². The van der Waals surface area contributed by atoms with Gasteiger partial charge in [-0.15, -0.1) is 0 Å². The van der Waals surface area contributed by atoms with Crippen LogP contribution in [0.2, 0.25) is 5.02 Å². The van der Waals surface area contributed by atoms with E-state index >= 15 is 0 Å². The summed E-state index contributed by atoms with van der Waals surface area (Å²) in [6.07, 6.45) is 0.534. The molecule has 2 N–H and O–H groups in total. The van der Waals surface area contributed by atoms with E-state index in [0.29, 0.717) is 54.1 Å². The summed E-state index contributed by atoms with van der Waals surface area (Å²) < 4.78 is 16.3. The smallest absolute Gasteiger partial charge is 0.313 e. The lowest BCUT2D eigenvalue weighted by Gasteiger charge is -2.13. The Kier molecular flexibility index (Phi) is 8.61. The van der Waals surface area contributed by atoms with Gasteiger partial charge in [-0.05, 0) is 56.2 Å². The van der Waals surface area contributed by atoms with Crippen molar-refractivity contribution >= 4 is 29.1 Å². The molecule has 0 fully saturated rings. The second-order valence-corrected chi connectivity index (χ2v) is 6.39. The minimum atomic E-state index is -0.799. The van der Waals surface area contributed by atoms with E-state index in [4.69, 9.17) is 25.8 Å². The standard InChI is InChI=1S/C21H25ClN2O5/c1-4-28-18-8-6-14(12-19(18)29-5-2)10-11-23-20(25)21(26)24-16-13-15(22)7-9-17(16)27-3/h6-9,12-13H,4-5,10-11H2,1-3H3,(H,23,25)(H,24,26). The van der Waals surface area contributed by atoms with Crippen LogP contribution >= 0.6 is 11.6 Å². The number of hydrogen-bond donors (Lipinski definition) is 2. The maximum atomic E-state index is 12.1. The number of carbonyl (C=O) groups is 2. The first-order valence-electron chi connectivity index (χ1n) is 9.29. The van der Waals surface area contributed by atoms with Crippen molar-refractivity contribution in [2.75, 3.05) is 32.2 Å². The van der Waals surface area contributed by atoms with Gasteiger partial charge in [-0.3, -0.25) is 9.59 Å². The number of anilines is 1. The van der Waals surface area contributed by atoms with Crippen molar-refractivity contribution in [2.45, 2.75) is 20.3 Å². The van der Waals surface area contributed by atoms with Crippen LogP contribution in [0.1, 0.15) is 19.4 Å². The third-order valence-corrected chi connectivity index (χ3v) is 4.16. The van der Waals surface area contributed by atoms with Gasteiger partial charge in [0.2, 0.25) is 0 Å². The molecule has 0 aliphatic carbocycles. The molecule has 29 heavy (non-hydrogen) atoms. The summed E-state index contributed by atoms with van der Waals surface area (Å²) in [5.41, 5.74) is 1.28. The summed E-state index contributed by atoms with van der Waals surface area (Å²) in [7, 11) is 1.46. The van der Waals surface area contributed by atoms with Gasteiger partial charge in [0.15, 0.2) is 11.5 Å². The molecule has 0 spiro atoms. The zero-order valence-electron chi connectivity index (χ0n) is 16.7. The van der Waals surface area contributed by atoms with Crippen molar-refractivity contribution < 1.29 is 23.8 Å². The molecule has 0 saturated heterocycles. The number of amides is 2. The lowest BCUT2D eigenvalue weighted by molar-refractivity contribution is -0.136. The molecule has 0 bridgehead atoms. The number of nitrogens with one attached hydrogen (secondary N) is 2. The molecule has 0 aliphatic rings. The Bertz CT molecular complexity index is 857. The molecule has 2 amide bonds. The van der Waals surface area contributed by atoms with E-state index in [1.165, 1.54) is 13.2 Å². The first-order valence-corrected chi connectivity index (χ1v) is 9.67. The highest BCUT2D eigenvalue weighted by Crippen LogP contribution is 2.29. The Morgan fingerprint density at radius 3 is 2.31 bits per heavy atom. The minimum absolute atomic E-state index is 0.290. The maximum Gasteiger partial charge on any atom is 0.313 e. The van der Waals surface area contributed by atoms with Crippen LogP contribution in [-0.2, 0) is 16.0 Å². The summed E-state index contributed by atoms with van der Waals surface area (Å²) in [6.45, 7) is 5.16. The normalized spacial score (nSPS) is 10.2. The third-order valence-electron chi connectivity index (χ3n) is 3.92. The lowest BCUT2D eigenvalue weighted by Crippen LogP contribution is -2.36. The third kappa shape index (κ3) is 6.57. The topological polar surface area (TPSA) is 85.9 Å². The SMILES string of the molecule is CCOc1ccc(CCNC(=O)C(=O)Nc2cc(Cl)ccc2OC)cc1OCC. The molecule has 156 valence electrons. The van der Waals surface area contributed by atoms with Crippen LogP contribution in [0, 0.1) is 0 Å². The Morgan fingerprint density at radius 2 is 1.62 bits per heavy atom. The van der Waals surface area contributed by atoms with Gasteiger partial charge in [-0.25, -0.2) is 0 Å². The molecule has 0 atom stereocenters. The Morgan fingerprint density at radius 1 is 0.931 bits per heavy atom. The first kappa shape index (κ1) is 22.4. The van der Waals surface area contributed by atoms with E-state index in [1.54, 1.807) is 12.1 Å². The largest absolute Gasteiger partial charge is 0.495 e. The molecule has 0 heterocycles. The van der Waals surface area contributed by atoms with Crippen LogP contribution in [0.5, 0.6) is 17.2 Å². The van der Waals surface area contributed by atoms with Crippen LogP contribution in [0.15, 0.2) is 36.4 Å². The Hall–Kier alpha value is -2.93. The number of carbonyl (C=O) groups excluding carboxylic acids is 2. The fourth-order valence-electron chi connectivity index (χ4n) is 2.61. The summed E-state index contributed by atoms with van der Waals surface area (Å²) in [5.74, 6) is 0.199. The molecule has 0 aliphatic heterocycles. The quantitative estimate of drug-likeness (QED) is 0.607. The number of methoxy groups -OCH3 is 1. The fourth-order valence-corrected chi connectivity index (χ4v) is 2.78. The molecule has 2 aromatic carbocycles. The average molecular weight is 421 g/mol. The molecule has 0 saturated carbocycles. The van der Waals surface area contributed by atoms with Gasteiger partial charge < -0.3 is 24.8 Å². The summed E-state index contributed by atoms with van der Waals surface area (Å²) in [4.78, 5) is 24.2. The van der Waals surface area contributed by atoms with Crippen LogP contribution in [0.25, 0.3) is 0 Å². The zero-order chi connectivity index (χ0) is 21.2. The van der Waals surface area contributed by atoms with E-state index in [2.05, 4.69) is 10.6 Å². The Balaban J connectivity index is 1.91. The molecule has 2 aromatic rings. The summed E-state index contributed by atoms with van der Waals surface area (Å²) >= 11 is 5.93. The first-order chi connectivity index (χ1) is 14.0. The monoisotopic (exact) mass is 420 g/mol. The van der Waals surface area contributed by atoms with Gasteiger partial charge in [0.25, 0.3) is 0 Å². The summed E-state index contributed by atoms with van der Waals surface area (Å²) in [5, 5.41) is 5.52. The van der Waals surface area contributed by atoms with E-state index in [0.717, 1.165) is 5.56 Å². The van der Waals surface area contributed by atoms with Crippen molar-refractivity contribution in [2.24, 2.45) is 0 Å². The van der Waals surface area contributed by atoms with Crippen LogP contribution in [-0.4, -0.2) is 38.7 Å². The van der Waals surface area contributed by atoms with Crippen molar-refractivity contribution in [1.29, 1.82) is 0 Å². The molecule has 8 heteroatoms. The van der Waals surface area contributed by atoms with Gasteiger partial charge in [0.1, 0.15) is 5.75 Å². The van der Waals surface area contributed by atoms with E-state index < -0.39 is 11.8 Å². The van der Waals surface area contributed by atoms with E-state index in [-0.39, 0.29) is 0 Å². The maximum absolute atomic E-state index is 12.1. The van der Waals surface area contributed by atoms with Crippen LogP contribution in [0.4, 0.5) is 5.69 Å². The van der Waals surface area contributed by atoms with E-state index in [1.807, 2.05) is 32.0 Å². The fraction of sp³-hybridized carbons (Fsp3) is 0.333. The van der Waals surface area contributed by atoms with Gasteiger partial charge in [0, 0.05) is 11.6 Å². The van der Waals surface area contributed by atoms with Gasteiger partial charge in [-0.1, -0.05) is 17.7 Å². The molecule has 7 nitrogen and oxygen atoms in total. The van der Waals surface area contributed by atoms with Gasteiger partial charge in [-0.2, -0.15) is 0 Å². The predicted molar refractivity (Wildman–Crippen MR) is 112 cm³/mol. The summed E-state index contributed by atoms with van der Waals surface area (Å²) in [6, 6.07) is 10.4. The second-order valence-electron chi connectivity index (χ2n) is 5.95. The number of rotatable bonds is 9. The zero-order valence-corrected chi connectivity index (χ0v) is 17.5. The second kappa shape index (κ2) is 11.2. The molecular weight excluding hydrogens is 396 g/mol. The van der Waals surface area contributed by atoms with Crippen LogP contribution < -0.4 is 24.8 Å². The van der Waals surface area contributed by atoms with Gasteiger partial charge in [0.05, 0.1) is 26.0 Å². The molecular formula is C21H25ClN2O5. The predicted octanol–water partition coefficient (Wildman–Crippen LogP) is 3.44. The number of halogens is 1. The average Bonchev–Trinajstić information content (AvgIpc) is 2.70. The van der Waals surface area contributed by atoms with Crippen molar-refractivity contribution in [3.63, 3.8) is 0 Å². The molecule has 0 unspecified atom stereocenters. The van der Waals surface area contributed by atoms with E-state index in [9.17, 15) is 9.59 Å². The number of ether oxygens (including phenoxy) is 3. The highest BCUT2D eigenvalue weighted by molar-refractivity contribution is 6.40. The molecule has 0 radical (unpaired) electrons. The Labute approximate surface area is 175 Å². The number of benzene rings is 2.